The molecule has 0 aliphatic heterocycles. The van der Waals surface area contributed by atoms with Crippen molar-refractivity contribution in [3.8, 4) is 0 Å². The summed E-state index contributed by atoms with van der Waals surface area (Å²) in [6.45, 7) is 9.74. The van der Waals surface area contributed by atoms with Gasteiger partial charge in [0, 0.05) is 6.04 Å². The standard InChI is InChI=1S/C11H22N2O3/c1-6-16-10(15)8(12)9(14)13-7(2)11(3,4)5/h7-8H,6,12H2,1-5H3,(H,13,14). The maximum atomic E-state index is 11.6. The molecule has 3 N–H and O–H groups in total. The molecular formula is C11H22N2O3. The maximum Gasteiger partial charge on any atom is 0.332 e. The van der Waals surface area contributed by atoms with Crippen LogP contribution >= 0.6 is 0 Å². The van der Waals surface area contributed by atoms with Gasteiger partial charge in [-0.1, -0.05) is 20.8 Å². The van der Waals surface area contributed by atoms with Gasteiger partial charge in [0.2, 0.25) is 5.91 Å². The van der Waals surface area contributed by atoms with Gasteiger partial charge in [0.05, 0.1) is 6.61 Å². The fraction of sp³-hybridized carbons (Fsp3) is 0.818. The summed E-state index contributed by atoms with van der Waals surface area (Å²) in [5.41, 5.74) is 5.37. The van der Waals surface area contributed by atoms with Crippen molar-refractivity contribution < 1.29 is 14.3 Å². The predicted molar refractivity (Wildman–Crippen MR) is 61.7 cm³/mol. The molecule has 0 aliphatic rings. The molecule has 0 heterocycles. The fourth-order valence-corrected chi connectivity index (χ4v) is 0.859. The zero-order valence-corrected chi connectivity index (χ0v) is 10.7. The van der Waals surface area contributed by atoms with E-state index in [1.54, 1.807) is 6.92 Å². The average Bonchev–Trinajstić information content (AvgIpc) is 2.15. The number of nitrogens with two attached hydrogens (primary N) is 1. The lowest BCUT2D eigenvalue weighted by Gasteiger charge is -2.28. The predicted octanol–water partition coefficient (Wildman–Crippen LogP) is 0.428. The summed E-state index contributed by atoms with van der Waals surface area (Å²) in [5, 5.41) is 2.69. The highest BCUT2D eigenvalue weighted by atomic mass is 16.5. The number of nitrogens with one attached hydrogen (secondary N) is 1. The van der Waals surface area contributed by atoms with Crippen LogP contribution in [0.1, 0.15) is 34.6 Å². The van der Waals surface area contributed by atoms with Gasteiger partial charge in [-0.2, -0.15) is 0 Å². The minimum atomic E-state index is -1.25. The molecule has 0 fully saturated rings. The van der Waals surface area contributed by atoms with Crippen LogP contribution in [0, 0.1) is 5.41 Å². The Morgan fingerprint density at radius 2 is 1.88 bits per heavy atom. The summed E-state index contributed by atoms with van der Waals surface area (Å²) in [6.07, 6.45) is 0. The Labute approximate surface area is 96.7 Å². The third-order valence-electron chi connectivity index (χ3n) is 2.48. The number of ether oxygens (including phenoxy) is 1. The number of carbonyl (C=O) groups excluding carboxylic acids is 2. The van der Waals surface area contributed by atoms with Gasteiger partial charge in [0.1, 0.15) is 0 Å². The van der Waals surface area contributed by atoms with Gasteiger partial charge in [-0.05, 0) is 19.3 Å². The van der Waals surface area contributed by atoms with Crippen molar-refractivity contribution in [3.05, 3.63) is 0 Å². The minimum Gasteiger partial charge on any atom is -0.464 e. The molecular weight excluding hydrogens is 208 g/mol. The number of rotatable bonds is 4. The van der Waals surface area contributed by atoms with E-state index in [0.29, 0.717) is 0 Å². The van der Waals surface area contributed by atoms with Crippen LogP contribution in [-0.4, -0.2) is 30.6 Å². The SMILES string of the molecule is CCOC(=O)C(N)C(=O)NC(C)C(C)(C)C. The molecule has 0 radical (unpaired) electrons. The lowest BCUT2D eigenvalue weighted by atomic mass is 9.88. The van der Waals surface area contributed by atoms with Crippen LogP contribution in [0.3, 0.4) is 0 Å². The lowest BCUT2D eigenvalue weighted by Crippen LogP contribution is -2.52. The molecule has 0 aromatic heterocycles. The van der Waals surface area contributed by atoms with Crippen LogP contribution in [0.5, 0.6) is 0 Å². The van der Waals surface area contributed by atoms with Crippen LogP contribution in [-0.2, 0) is 14.3 Å². The summed E-state index contributed by atoms with van der Waals surface area (Å²) >= 11 is 0. The van der Waals surface area contributed by atoms with Crippen molar-refractivity contribution >= 4 is 11.9 Å². The zero-order chi connectivity index (χ0) is 12.9. The largest absolute Gasteiger partial charge is 0.464 e. The highest BCUT2D eigenvalue weighted by Crippen LogP contribution is 2.18. The summed E-state index contributed by atoms with van der Waals surface area (Å²) in [4.78, 5) is 22.8. The fourth-order valence-electron chi connectivity index (χ4n) is 0.859. The van der Waals surface area contributed by atoms with Crippen molar-refractivity contribution in [2.75, 3.05) is 6.61 Å². The number of amides is 1. The highest BCUT2D eigenvalue weighted by molar-refractivity contribution is 6.01. The second-order valence-electron chi connectivity index (χ2n) is 4.83. The molecule has 94 valence electrons. The van der Waals surface area contributed by atoms with E-state index in [-0.39, 0.29) is 18.1 Å². The van der Waals surface area contributed by atoms with Crippen molar-refractivity contribution in [3.63, 3.8) is 0 Å². The summed E-state index contributed by atoms with van der Waals surface area (Å²) < 4.78 is 4.67. The summed E-state index contributed by atoms with van der Waals surface area (Å²) in [5.74, 6) is -1.19. The van der Waals surface area contributed by atoms with E-state index in [0.717, 1.165) is 0 Å². The zero-order valence-electron chi connectivity index (χ0n) is 10.7. The molecule has 0 spiro atoms. The van der Waals surface area contributed by atoms with E-state index >= 15 is 0 Å². The maximum absolute atomic E-state index is 11.6. The molecule has 0 aliphatic carbocycles. The summed E-state index contributed by atoms with van der Waals surface area (Å²) in [7, 11) is 0. The molecule has 5 nitrogen and oxygen atoms in total. The van der Waals surface area contributed by atoms with E-state index in [9.17, 15) is 9.59 Å². The lowest BCUT2D eigenvalue weighted by molar-refractivity contribution is -0.148. The van der Waals surface area contributed by atoms with Crippen molar-refractivity contribution in [2.45, 2.75) is 46.7 Å². The van der Waals surface area contributed by atoms with Crippen LogP contribution in [0.25, 0.3) is 0 Å². The van der Waals surface area contributed by atoms with Crippen LogP contribution < -0.4 is 11.1 Å². The van der Waals surface area contributed by atoms with Crippen molar-refractivity contribution in [1.82, 2.24) is 5.32 Å². The van der Waals surface area contributed by atoms with Crippen LogP contribution in [0.15, 0.2) is 0 Å². The first-order chi connectivity index (χ1) is 7.20. The highest BCUT2D eigenvalue weighted by Gasteiger charge is 2.28. The molecule has 2 unspecified atom stereocenters. The Hall–Kier alpha value is -1.10. The van der Waals surface area contributed by atoms with Crippen LogP contribution in [0.4, 0.5) is 0 Å². The second kappa shape index (κ2) is 5.84. The first kappa shape index (κ1) is 14.9. The average molecular weight is 230 g/mol. The minimum absolute atomic E-state index is 0.0690. The molecule has 0 saturated heterocycles. The van der Waals surface area contributed by atoms with Gasteiger partial charge in [-0.25, -0.2) is 4.79 Å². The van der Waals surface area contributed by atoms with Gasteiger partial charge in [-0.3, -0.25) is 4.79 Å². The van der Waals surface area contributed by atoms with Gasteiger partial charge in [-0.15, -0.1) is 0 Å². The van der Waals surface area contributed by atoms with Gasteiger partial charge in [0.15, 0.2) is 6.04 Å². The van der Waals surface area contributed by atoms with E-state index in [4.69, 9.17) is 5.73 Å². The Morgan fingerprint density at radius 3 is 2.25 bits per heavy atom. The molecule has 16 heavy (non-hydrogen) atoms. The molecule has 5 heteroatoms. The smallest absolute Gasteiger partial charge is 0.332 e. The van der Waals surface area contributed by atoms with Crippen molar-refractivity contribution in [1.29, 1.82) is 0 Å². The Bertz CT molecular complexity index is 258. The van der Waals surface area contributed by atoms with E-state index in [2.05, 4.69) is 10.1 Å². The molecule has 0 aromatic carbocycles. The Balaban J connectivity index is 4.31. The number of hydrogen-bond donors (Lipinski definition) is 2. The monoisotopic (exact) mass is 230 g/mol. The van der Waals surface area contributed by atoms with Gasteiger partial charge >= 0.3 is 5.97 Å². The van der Waals surface area contributed by atoms with E-state index in [1.807, 2.05) is 27.7 Å². The first-order valence-electron chi connectivity index (χ1n) is 5.42. The van der Waals surface area contributed by atoms with Gasteiger partial charge in [0.25, 0.3) is 0 Å². The molecule has 0 rings (SSSR count). The molecule has 2 atom stereocenters. The van der Waals surface area contributed by atoms with E-state index in [1.165, 1.54) is 0 Å². The second-order valence-corrected chi connectivity index (χ2v) is 4.83. The molecule has 0 saturated carbocycles. The number of carbonyl (C=O) groups is 2. The van der Waals surface area contributed by atoms with E-state index < -0.39 is 17.9 Å². The Kier molecular flexibility index (Phi) is 5.44. The third kappa shape index (κ3) is 4.61. The van der Waals surface area contributed by atoms with Gasteiger partial charge < -0.3 is 15.8 Å². The molecule has 0 bridgehead atoms. The van der Waals surface area contributed by atoms with Crippen molar-refractivity contribution in [2.24, 2.45) is 11.1 Å². The third-order valence-corrected chi connectivity index (χ3v) is 2.48. The summed E-state index contributed by atoms with van der Waals surface area (Å²) in [6, 6.07) is -1.31. The Morgan fingerprint density at radius 1 is 1.38 bits per heavy atom. The quantitative estimate of drug-likeness (QED) is 0.542. The first-order valence-corrected chi connectivity index (χ1v) is 5.42. The van der Waals surface area contributed by atoms with Crippen LogP contribution in [0.2, 0.25) is 0 Å². The molecule has 0 aromatic rings. The normalized spacial score (nSPS) is 15.1. The number of hydrogen-bond acceptors (Lipinski definition) is 4. The molecule has 1 amide bonds. The number of esters is 1. The topological polar surface area (TPSA) is 81.4 Å².